The molecule has 13 heteroatoms. The minimum absolute atomic E-state index is 0.00635. The van der Waals surface area contributed by atoms with Gasteiger partial charge in [-0.1, -0.05) is 48.5 Å². The largest absolute Gasteiger partial charge is 0.508 e. The standard InChI is InChI=1S/C34H31F5N2O6/c1-41(16-25(44)21-3-2-4-23(43)13-21)15-24-14-26(19-7-5-18(17-42)6-8-19)47-34(46-24)20-9-11-22(12-10-20)40-33(45)27-28(35)30(37)32(39)31(38)29(27)36/h2-13,24-26,34,42-44H,14-17H2,1H3,(H,40,45)/t24-,25+,26+,34+/m0/s1. The second-order valence-electron chi connectivity index (χ2n) is 11.2. The Morgan fingerprint density at radius 1 is 0.894 bits per heavy atom. The topological polar surface area (TPSA) is 111 Å². The third-order valence-electron chi connectivity index (χ3n) is 7.75. The zero-order valence-electron chi connectivity index (χ0n) is 25.0. The van der Waals surface area contributed by atoms with E-state index in [9.17, 15) is 42.1 Å². The second-order valence-corrected chi connectivity index (χ2v) is 11.2. The Labute approximate surface area is 266 Å². The summed E-state index contributed by atoms with van der Waals surface area (Å²) in [6, 6.07) is 19.3. The van der Waals surface area contributed by atoms with Gasteiger partial charge in [-0.15, -0.1) is 0 Å². The summed E-state index contributed by atoms with van der Waals surface area (Å²) in [6.45, 7) is 0.499. The molecule has 1 aliphatic rings. The lowest BCUT2D eigenvalue weighted by molar-refractivity contribution is -0.252. The van der Waals surface area contributed by atoms with Crippen LogP contribution in [0.15, 0.2) is 72.8 Å². The van der Waals surface area contributed by atoms with Gasteiger partial charge >= 0.3 is 0 Å². The number of benzene rings is 4. The first-order chi connectivity index (χ1) is 22.4. The van der Waals surface area contributed by atoms with Gasteiger partial charge in [0.25, 0.3) is 5.91 Å². The molecule has 0 radical (unpaired) electrons. The average molecular weight is 659 g/mol. The highest BCUT2D eigenvalue weighted by Gasteiger charge is 2.34. The zero-order chi connectivity index (χ0) is 33.8. The van der Waals surface area contributed by atoms with Crippen molar-refractivity contribution in [2.75, 3.05) is 25.5 Å². The van der Waals surface area contributed by atoms with E-state index in [0.29, 0.717) is 24.1 Å². The number of anilines is 1. The molecule has 1 saturated heterocycles. The summed E-state index contributed by atoms with van der Waals surface area (Å²) in [7, 11) is 1.81. The molecule has 1 aliphatic heterocycles. The van der Waals surface area contributed by atoms with E-state index >= 15 is 0 Å². The number of carbonyl (C=O) groups excluding carboxylic acids is 1. The van der Waals surface area contributed by atoms with E-state index in [0.717, 1.165) is 11.1 Å². The number of aromatic hydroxyl groups is 1. The molecule has 0 unspecified atom stereocenters. The first-order valence-corrected chi connectivity index (χ1v) is 14.5. The molecule has 248 valence electrons. The average Bonchev–Trinajstić information content (AvgIpc) is 3.06. The first-order valence-electron chi connectivity index (χ1n) is 14.5. The number of phenolic OH excluding ortho intramolecular Hbond substituents is 1. The molecular weight excluding hydrogens is 627 g/mol. The van der Waals surface area contributed by atoms with Crippen LogP contribution in [-0.2, 0) is 16.1 Å². The molecule has 5 rings (SSSR count). The Kier molecular flexibility index (Phi) is 10.5. The van der Waals surface area contributed by atoms with Crippen LogP contribution in [0.4, 0.5) is 27.6 Å². The molecule has 1 heterocycles. The van der Waals surface area contributed by atoms with Crippen molar-refractivity contribution in [3.8, 4) is 5.75 Å². The number of hydrogen-bond acceptors (Lipinski definition) is 7. The van der Waals surface area contributed by atoms with Crippen molar-refractivity contribution in [2.45, 2.75) is 37.6 Å². The summed E-state index contributed by atoms with van der Waals surface area (Å²) in [5, 5.41) is 32.1. The SMILES string of the molecule is CN(C[C@@H]1C[C@H](c2ccc(CO)cc2)O[C@H](c2ccc(NC(=O)c3c(F)c(F)c(F)c(F)c3F)cc2)O1)C[C@@H](O)c1cccc(O)c1. The van der Waals surface area contributed by atoms with Crippen molar-refractivity contribution >= 4 is 11.6 Å². The van der Waals surface area contributed by atoms with Crippen LogP contribution in [0.2, 0.25) is 0 Å². The third kappa shape index (κ3) is 7.77. The molecule has 0 bridgehead atoms. The summed E-state index contributed by atoms with van der Waals surface area (Å²) in [5.74, 6) is -12.8. The molecule has 0 aromatic heterocycles. The van der Waals surface area contributed by atoms with Crippen molar-refractivity contribution in [2.24, 2.45) is 0 Å². The van der Waals surface area contributed by atoms with Crippen molar-refractivity contribution < 1.29 is 51.5 Å². The maximum atomic E-state index is 14.1. The number of aliphatic hydroxyl groups is 2. The van der Waals surface area contributed by atoms with E-state index in [4.69, 9.17) is 9.47 Å². The number of carbonyl (C=O) groups is 1. The normalized spacial score (nSPS) is 18.7. The van der Waals surface area contributed by atoms with Crippen molar-refractivity contribution in [1.29, 1.82) is 0 Å². The number of rotatable bonds is 10. The molecule has 8 nitrogen and oxygen atoms in total. The maximum Gasteiger partial charge on any atom is 0.261 e. The van der Waals surface area contributed by atoms with Gasteiger partial charge in [0.05, 0.1) is 24.9 Å². The van der Waals surface area contributed by atoms with E-state index in [1.807, 2.05) is 24.1 Å². The van der Waals surface area contributed by atoms with Crippen molar-refractivity contribution in [3.63, 3.8) is 0 Å². The summed E-state index contributed by atoms with van der Waals surface area (Å²) in [5.41, 5.74) is 1.00. The van der Waals surface area contributed by atoms with Crippen LogP contribution in [0.1, 0.15) is 57.5 Å². The molecule has 0 aliphatic carbocycles. The predicted octanol–water partition coefficient (Wildman–Crippen LogP) is 6.04. The maximum absolute atomic E-state index is 14.1. The van der Waals surface area contributed by atoms with Crippen LogP contribution in [0.3, 0.4) is 0 Å². The van der Waals surface area contributed by atoms with Gasteiger partial charge in [-0.25, -0.2) is 22.0 Å². The quantitative estimate of drug-likeness (QED) is 0.0934. The number of halogens is 5. The molecule has 4 aromatic rings. The number of ether oxygens (including phenoxy) is 2. The zero-order valence-corrected chi connectivity index (χ0v) is 25.0. The molecule has 1 amide bonds. The van der Waals surface area contributed by atoms with E-state index in [2.05, 4.69) is 5.32 Å². The number of nitrogens with zero attached hydrogens (tertiary/aromatic N) is 1. The van der Waals surface area contributed by atoms with Gasteiger partial charge in [0.1, 0.15) is 11.3 Å². The lowest BCUT2D eigenvalue weighted by Gasteiger charge is -2.38. The van der Waals surface area contributed by atoms with Crippen LogP contribution in [0.5, 0.6) is 5.75 Å². The molecule has 0 spiro atoms. The van der Waals surface area contributed by atoms with Crippen LogP contribution in [0.25, 0.3) is 0 Å². The fourth-order valence-electron chi connectivity index (χ4n) is 5.31. The Morgan fingerprint density at radius 2 is 1.51 bits per heavy atom. The number of hydrogen-bond donors (Lipinski definition) is 4. The van der Waals surface area contributed by atoms with Gasteiger partial charge in [0, 0.05) is 30.8 Å². The number of nitrogens with one attached hydrogen (secondary N) is 1. The third-order valence-corrected chi connectivity index (χ3v) is 7.75. The van der Waals surface area contributed by atoms with E-state index in [-0.39, 0.29) is 24.6 Å². The lowest BCUT2D eigenvalue weighted by atomic mass is 9.99. The number of aliphatic hydroxyl groups excluding tert-OH is 2. The second kappa shape index (κ2) is 14.6. The van der Waals surface area contributed by atoms with Crippen molar-refractivity contribution in [3.05, 3.63) is 130 Å². The van der Waals surface area contributed by atoms with Gasteiger partial charge < -0.3 is 35.0 Å². The van der Waals surface area contributed by atoms with Crippen LogP contribution >= 0.6 is 0 Å². The van der Waals surface area contributed by atoms with Gasteiger partial charge in [-0.05, 0) is 48.0 Å². The molecule has 4 atom stereocenters. The lowest BCUT2D eigenvalue weighted by Crippen LogP contribution is -2.39. The minimum Gasteiger partial charge on any atom is -0.508 e. The van der Waals surface area contributed by atoms with Gasteiger partial charge in [0.15, 0.2) is 29.6 Å². The van der Waals surface area contributed by atoms with E-state index in [1.165, 1.54) is 36.4 Å². The summed E-state index contributed by atoms with van der Waals surface area (Å²) < 4.78 is 81.4. The fourth-order valence-corrected chi connectivity index (χ4v) is 5.31. The van der Waals surface area contributed by atoms with Crippen LogP contribution in [-0.4, -0.2) is 52.4 Å². The Bertz CT molecular complexity index is 1690. The summed E-state index contributed by atoms with van der Waals surface area (Å²) >= 11 is 0. The highest BCUT2D eigenvalue weighted by atomic mass is 19.2. The highest BCUT2D eigenvalue weighted by Crippen LogP contribution is 2.38. The fraction of sp³-hybridized carbons (Fsp3) is 0.265. The summed E-state index contributed by atoms with van der Waals surface area (Å²) in [4.78, 5) is 14.4. The summed E-state index contributed by atoms with van der Waals surface area (Å²) in [6.07, 6.45) is -2.19. The Balaban J connectivity index is 1.32. The number of likely N-dealkylation sites (N-methyl/N-ethyl adjacent to an activating group) is 1. The van der Waals surface area contributed by atoms with Gasteiger partial charge in [-0.2, -0.15) is 0 Å². The van der Waals surface area contributed by atoms with Crippen LogP contribution < -0.4 is 5.32 Å². The van der Waals surface area contributed by atoms with Crippen LogP contribution in [0, 0.1) is 29.1 Å². The number of phenols is 1. The first kappa shape index (κ1) is 33.9. The van der Waals surface area contributed by atoms with E-state index < -0.39 is 65.2 Å². The number of amides is 1. The van der Waals surface area contributed by atoms with E-state index in [1.54, 1.807) is 24.3 Å². The molecule has 4 N–H and O–H groups in total. The Hall–Kier alpha value is -4.40. The van der Waals surface area contributed by atoms with Crippen molar-refractivity contribution in [1.82, 2.24) is 4.90 Å². The molecule has 4 aromatic carbocycles. The molecule has 1 fully saturated rings. The monoisotopic (exact) mass is 658 g/mol. The molecule has 0 saturated carbocycles. The molecular formula is C34H31F5N2O6. The minimum atomic E-state index is -2.37. The smallest absolute Gasteiger partial charge is 0.261 e. The predicted molar refractivity (Wildman–Crippen MR) is 160 cm³/mol. The Morgan fingerprint density at radius 3 is 2.13 bits per heavy atom. The van der Waals surface area contributed by atoms with Gasteiger partial charge in [-0.3, -0.25) is 4.79 Å². The molecule has 47 heavy (non-hydrogen) atoms. The van der Waals surface area contributed by atoms with Gasteiger partial charge in [0.2, 0.25) is 5.82 Å². The highest BCUT2D eigenvalue weighted by molar-refractivity contribution is 6.04.